The number of hydrogen-bond acceptors (Lipinski definition) is 4. The standard InChI is InChI=1S/C38H34N3S.C15H18NSi.Ir/c1-22(2)30-19-27(26-12-8-7-9-13-26)20-31(23(3)4)36(30)41-33-21-39-25(6)18-32(33)40-38(41)29-17-16-24(5)35-28-14-10-11-15-34(28)42-37(29)35;1-12-5-7-13(8-6-12)15-10-9-14(11-16-15)17(2,3)4;/h7-16,18-23H,1-6H3;5-7,9-11H,1-4H3;/q2*-1;/i5D3;1D3;. The molecule has 0 fully saturated rings. The Morgan fingerprint density at radius 3 is 2.12 bits per heavy atom. The largest absolute Gasteiger partial charge is 0.331 e. The van der Waals surface area contributed by atoms with Gasteiger partial charge in [0, 0.05) is 50.6 Å². The van der Waals surface area contributed by atoms with Crippen LogP contribution in [0.5, 0.6) is 0 Å². The molecule has 0 bridgehead atoms. The molecule has 0 atom stereocenters. The van der Waals surface area contributed by atoms with Gasteiger partial charge in [0.1, 0.15) is 0 Å². The van der Waals surface area contributed by atoms with Gasteiger partial charge in [0.15, 0.2) is 0 Å². The molecule has 0 spiro atoms. The van der Waals surface area contributed by atoms with E-state index in [0.29, 0.717) is 11.1 Å². The van der Waals surface area contributed by atoms with Crippen LogP contribution < -0.4 is 5.19 Å². The average molecular weight is 1000 g/mol. The first kappa shape index (κ1) is 35.7. The van der Waals surface area contributed by atoms with Crippen LogP contribution >= 0.6 is 11.3 Å². The van der Waals surface area contributed by atoms with Gasteiger partial charge in [-0.3, -0.25) is 9.97 Å². The minimum absolute atomic E-state index is 0. The van der Waals surface area contributed by atoms with Crippen LogP contribution in [0.3, 0.4) is 0 Å². The summed E-state index contributed by atoms with van der Waals surface area (Å²) in [5.74, 6) is 1.18. The molecule has 1 radical (unpaired) electrons. The maximum absolute atomic E-state index is 8.36. The molecule has 0 aliphatic heterocycles. The summed E-state index contributed by atoms with van der Waals surface area (Å²) < 4.78 is 51.3. The van der Waals surface area contributed by atoms with Crippen molar-refractivity contribution in [1.82, 2.24) is 19.5 Å². The van der Waals surface area contributed by atoms with Crippen LogP contribution in [0.2, 0.25) is 19.6 Å². The summed E-state index contributed by atoms with van der Waals surface area (Å²) in [4.78, 5) is 14.5. The molecule has 5 aromatic carbocycles. The number of fused-ring (bicyclic) bond motifs is 4. The van der Waals surface area contributed by atoms with Gasteiger partial charge < -0.3 is 9.55 Å². The average Bonchev–Trinajstić information content (AvgIpc) is 3.84. The van der Waals surface area contributed by atoms with Crippen LogP contribution in [0.1, 0.15) is 75.7 Å². The maximum Gasteiger partial charge on any atom is 0.0822 e. The SMILES string of the molecule is [2H]C([2H])([2H])c1c[c-]c(-c2ccc([Si](C)(C)C)cn2)cc1.[2H]C([2H])([2H])c1c[c-]c(-c2nc3cc(C)ncc3n2-c2c(C(C)C)cc(-c3ccccc3)cc2C(C)C)c2sc3ccccc3c12.[Ir]. The van der Waals surface area contributed by atoms with E-state index in [0.717, 1.165) is 65.2 Å². The van der Waals surface area contributed by atoms with Gasteiger partial charge in [0.2, 0.25) is 0 Å². The molecular formula is C53H52IrN4SSi-2. The topological polar surface area (TPSA) is 43.6 Å². The summed E-state index contributed by atoms with van der Waals surface area (Å²) in [6.45, 7) is 13.4. The number of imidazole rings is 1. The molecule has 9 aromatic rings. The fourth-order valence-electron chi connectivity index (χ4n) is 7.61. The Morgan fingerprint density at radius 1 is 0.750 bits per heavy atom. The molecule has 4 aromatic heterocycles. The summed E-state index contributed by atoms with van der Waals surface area (Å²) in [5.41, 5.74) is 11.6. The van der Waals surface area contributed by atoms with Crippen molar-refractivity contribution in [1.29, 1.82) is 0 Å². The molecule has 4 nitrogen and oxygen atoms in total. The van der Waals surface area contributed by atoms with Crippen molar-refractivity contribution in [2.24, 2.45) is 0 Å². The van der Waals surface area contributed by atoms with E-state index in [1.807, 2.05) is 55.7 Å². The molecule has 4 heterocycles. The third kappa shape index (κ3) is 8.46. The summed E-state index contributed by atoms with van der Waals surface area (Å²) in [6, 6.07) is 42.3. The molecular weight excluding hydrogens is 945 g/mol. The number of hydrogen-bond donors (Lipinski definition) is 0. The second kappa shape index (κ2) is 17.5. The van der Waals surface area contributed by atoms with Gasteiger partial charge in [-0.2, -0.15) is 11.3 Å². The van der Waals surface area contributed by atoms with Crippen LogP contribution in [0.4, 0.5) is 0 Å². The maximum atomic E-state index is 8.36. The summed E-state index contributed by atoms with van der Waals surface area (Å²) in [5, 5.41) is 3.00. The van der Waals surface area contributed by atoms with E-state index in [1.54, 1.807) is 29.5 Å². The van der Waals surface area contributed by atoms with Gasteiger partial charge in [-0.1, -0.05) is 133 Å². The fraction of sp³-hybridized carbons (Fsp3) is 0.226. The molecule has 9 rings (SSSR count). The van der Waals surface area contributed by atoms with E-state index in [1.165, 1.54) is 33.5 Å². The summed E-state index contributed by atoms with van der Waals surface area (Å²) >= 11 is 1.60. The predicted molar refractivity (Wildman–Crippen MR) is 255 cm³/mol. The van der Waals surface area contributed by atoms with E-state index in [2.05, 4.69) is 118 Å². The second-order valence-corrected chi connectivity index (χ2v) is 22.9. The number of aromatic nitrogens is 4. The number of thiophene rings is 1. The van der Waals surface area contributed by atoms with Crippen molar-refractivity contribution in [3.63, 3.8) is 0 Å². The van der Waals surface area contributed by atoms with Crippen molar-refractivity contribution >= 4 is 55.8 Å². The van der Waals surface area contributed by atoms with E-state index in [4.69, 9.17) is 18.2 Å². The molecule has 0 aliphatic carbocycles. The van der Waals surface area contributed by atoms with Crippen LogP contribution in [0.25, 0.3) is 70.7 Å². The van der Waals surface area contributed by atoms with Gasteiger partial charge in [-0.15, -0.1) is 53.1 Å². The zero-order valence-corrected chi connectivity index (χ0v) is 39.4. The van der Waals surface area contributed by atoms with Crippen molar-refractivity contribution in [2.75, 3.05) is 0 Å². The van der Waals surface area contributed by atoms with Crippen LogP contribution in [-0.4, -0.2) is 27.6 Å². The van der Waals surface area contributed by atoms with Crippen molar-refractivity contribution in [3.8, 4) is 39.5 Å². The van der Waals surface area contributed by atoms with Crippen molar-refractivity contribution < 1.29 is 28.3 Å². The van der Waals surface area contributed by atoms with Gasteiger partial charge in [0.05, 0.1) is 31.1 Å². The van der Waals surface area contributed by atoms with Crippen LogP contribution in [-0.2, 0) is 20.1 Å². The number of rotatable bonds is 7. The fourth-order valence-corrected chi connectivity index (χ4v) is 9.86. The minimum Gasteiger partial charge on any atom is -0.331 e. The predicted octanol–water partition coefficient (Wildman–Crippen LogP) is 14.2. The Balaban J connectivity index is 0.000000260. The Hall–Kier alpha value is -5.04. The Morgan fingerprint density at radius 2 is 1.48 bits per heavy atom. The normalized spacial score (nSPS) is 13.6. The van der Waals surface area contributed by atoms with E-state index >= 15 is 0 Å². The third-order valence-corrected chi connectivity index (χ3v) is 14.0. The monoisotopic (exact) mass is 1000 g/mol. The molecule has 0 saturated heterocycles. The summed E-state index contributed by atoms with van der Waals surface area (Å²) in [7, 11) is -1.34. The summed E-state index contributed by atoms with van der Waals surface area (Å²) in [6.07, 6.45) is 3.84. The number of benzene rings is 5. The smallest absolute Gasteiger partial charge is 0.0822 e. The van der Waals surface area contributed by atoms with E-state index in [9.17, 15) is 0 Å². The van der Waals surface area contributed by atoms with Crippen LogP contribution in [0, 0.1) is 32.8 Å². The van der Waals surface area contributed by atoms with Gasteiger partial charge in [0.25, 0.3) is 0 Å². The second-order valence-electron chi connectivity index (χ2n) is 16.8. The van der Waals surface area contributed by atoms with Crippen molar-refractivity contribution in [3.05, 3.63) is 162 Å². The number of nitrogens with zero attached hydrogens (tertiary/aromatic N) is 4. The zero-order valence-electron chi connectivity index (χ0n) is 41.2. The Kier molecular flexibility index (Phi) is 10.4. The molecule has 0 unspecified atom stereocenters. The number of pyridine rings is 2. The van der Waals surface area contributed by atoms with Gasteiger partial charge in [-0.05, 0) is 86.2 Å². The quantitative estimate of drug-likeness (QED) is 0.118. The van der Waals surface area contributed by atoms with Gasteiger partial charge in [-0.25, -0.2) is 0 Å². The van der Waals surface area contributed by atoms with Crippen molar-refractivity contribution in [2.45, 2.75) is 79.8 Å². The Bertz CT molecular complexity index is 3080. The van der Waals surface area contributed by atoms with Gasteiger partial charge >= 0.3 is 0 Å². The first-order valence-electron chi connectivity index (χ1n) is 23.2. The minimum atomic E-state index is -2.28. The first-order chi connectivity index (χ1) is 30.7. The van der Waals surface area contributed by atoms with E-state index < -0.39 is 21.8 Å². The third-order valence-electron chi connectivity index (χ3n) is 10.8. The zero-order chi connectivity index (χ0) is 46.6. The van der Waals surface area contributed by atoms with Crippen LogP contribution in [0.15, 0.2) is 122 Å². The molecule has 0 aliphatic rings. The first-order valence-corrected chi connectivity index (χ1v) is 24.5. The Labute approximate surface area is 382 Å². The molecule has 0 amide bonds. The molecule has 0 saturated carbocycles. The van der Waals surface area contributed by atoms with E-state index in [-0.39, 0.29) is 31.9 Å². The molecule has 0 N–H and O–H groups in total. The number of aryl methyl sites for hydroxylation is 3. The molecule has 7 heteroatoms. The molecule has 305 valence electrons. The molecule has 60 heavy (non-hydrogen) atoms.